The van der Waals surface area contributed by atoms with Crippen molar-refractivity contribution in [1.82, 2.24) is 0 Å². The number of anilines is 3. The molecule has 0 spiro atoms. The Morgan fingerprint density at radius 1 is 0.500 bits per heavy atom. The fraction of sp³-hybridized carbons (Fsp3) is 0.434. The largest absolute Gasteiger partial charge is 0.310 e. The first-order valence-corrected chi connectivity index (χ1v) is 21.9. The van der Waals surface area contributed by atoms with Gasteiger partial charge in [0.05, 0.1) is 5.69 Å². The lowest BCUT2D eigenvalue weighted by molar-refractivity contribution is 0.145. The van der Waals surface area contributed by atoms with E-state index in [1.54, 1.807) is 5.56 Å². The Kier molecular flexibility index (Phi) is 9.04. The van der Waals surface area contributed by atoms with Crippen LogP contribution in [-0.4, -0.2) is 0 Å². The molecule has 1 unspecified atom stereocenters. The van der Waals surface area contributed by atoms with Gasteiger partial charge in [-0.05, 0) is 149 Å². The van der Waals surface area contributed by atoms with Gasteiger partial charge in [-0.1, -0.05) is 144 Å². The molecule has 0 radical (unpaired) electrons. The van der Waals surface area contributed by atoms with Crippen LogP contribution in [0.4, 0.5) is 17.1 Å². The van der Waals surface area contributed by atoms with Crippen LogP contribution >= 0.6 is 0 Å². The zero-order valence-corrected chi connectivity index (χ0v) is 32.8. The van der Waals surface area contributed by atoms with Gasteiger partial charge >= 0.3 is 0 Å². The minimum absolute atomic E-state index is 0.125. The summed E-state index contributed by atoms with van der Waals surface area (Å²) in [6, 6.07) is 43.6. The van der Waals surface area contributed by atoms with Crippen LogP contribution in [0.3, 0.4) is 0 Å². The van der Waals surface area contributed by atoms with Crippen molar-refractivity contribution >= 4 is 17.1 Å². The Balaban J connectivity index is 1.13. The molecule has 5 aromatic carbocycles. The van der Waals surface area contributed by atoms with Gasteiger partial charge in [0.25, 0.3) is 0 Å². The van der Waals surface area contributed by atoms with Gasteiger partial charge in [-0.2, -0.15) is 0 Å². The summed E-state index contributed by atoms with van der Waals surface area (Å²) in [5, 5.41) is 0. The summed E-state index contributed by atoms with van der Waals surface area (Å²) >= 11 is 0. The fourth-order valence-electron chi connectivity index (χ4n) is 12.1. The van der Waals surface area contributed by atoms with Gasteiger partial charge in [-0.3, -0.25) is 0 Å². The number of hydrogen-bond acceptors (Lipinski definition) is 1. The lowest BCUT2D eigenvalue weighted by Crippen LogP contribution is -2.29. The molecule has 0 amide bonds. The molecule has 2 bridgehead atoms. The van der Waals surface area contributed by atoms with E-state index < -0.39 is 0 Å². The molecule has 0 aliphatic heterocycles. The maximum absolute atomic E-state index is 2.60. The average Bonchev–Trinajstić information content (AvgIpc) is 3.48. The maximum Gasteiger partial charge on any atom is 0.0543 e. The highest BCUT2D eigenvalue weighted by atomic mass is 15.1. The van der Waals surface area contributed by atoms with E-state index in [9.17, 15) is 0 Å². The highest BCUT2D eigenvalue weighted by molar-refractivity contribution is 5.97. The predicted molar refractivity (Wildman–Crippen MR) is 229 cm³/mol. The Bertz CT molecular complexity index is 2080. The van der Waals surface area contributed by atoms with Crippen LogP contribution in [0.2, 0.25) is 0 Å². The molecule has 6 aliphatic carbocycles. The average molecular weight is 710 g/mol. The summed E-state index contributed by atoms with van der Waals surface area (Å²) in [6.45, 7) is 4.91. The standard InChI is InChI=1S/C53H59N/c1-53(2)49-16-10-9-15-46(49)47-33-34-50(51(52(47)53)43-23-21-39(22-24-43)37-11-5-3-6-12-37)54(44-29-25-40(26-30-44)38-13-7-4-8-14-38)45-31-27-42(28-32-45)48-35-36-17-19-41(48)20-18-36/h9-10,15-16,21-34,36-38,41,48H,3-8,11-14,17-20,35H2,1-2H3. The summed E-state index contributed by atoms with van der Waals surface area (Å²) in [6.07, 6.45) is 20.7. The molecule has 54 heavy (non-hydrogen) atoms. The third-order valence-electron chi connectivity index (χ3n) is 15.1. The Hall–Kier alpha value is -4.10. The first-order chi connectivity index (χ1) is 26.5. The van der Waals surface area contributed by atoms with Crippen LogP contribution in [0.1, 0.15) is 156 Å². The highest BCUT2D eigenvalue weighted by Crippen LogP contribution is 2.56. The van der Waals surface area contributed by atoms with Gasteiger partial charge < -0.3 is 4.90 Å². The molecular formula is C53H59N. The number of benzene rings is 5. The third-order valence-corrected chi connectivity index (χ3v) is 15.1. The first-order valence-electron chi connectivity index (χ1n) is 21.9. The van der Waals surface area contributed by atoms with E-state index in [2.05, 4.69) is 128 Å². The molecule has 11 rings (SSSR count). The molecule has 0 aromatic heterocycles. The van der Waals surface area contributed by atoms with Gasteiger partial charge in [0.1, 0.15) is 0 Å². The van der Waals surface area contributed by atoms with Gasteiger partial charge in [0.2, 0.25) is 0 Å². The van der Waals surface area contributed by atoms with Crippen molar-refractivity contribution in [1.29, 1.82) is 0 Å². The minimum atomic E-state index is -0.125. The molecule has 276 valence electrons. The second-order valence-corrected chi connectivity index (χ2v) is 18.5. The van der Waals surface area contributed by atoms with Crippen molar-refractivity contribution in [3.8, 4) is 22.3 Å². The fourth-order valence-corrected chi connectivity index (χ4v) is 12.1. The third kappa shape index (κ3) is 6.06. The van der Waals surface area contributed by atoms with Crippen molar-refractivity contribution in [2.75, 3.05) is 4.90 Å². The number of rotatable bonds is 7. The molecule has 0 N–H and O–H groups in total. The van der Waals surface area contributed by atoms with E-state index >= 15 is 0 Å². The first kappa shape index (κ1) is 34.4. The van der Waals surface area contributed by atoms with E-state index in [-0.39, 0.29) is 5.41 Å². The van der Waals surface area contributed by atoms with E-state index in [4.69, 9.17) is 0 Å². The minimum Gasteiger partial charge on any atom is -0.310 e. The van der Waals surface area contributed by atoms with Crippen molar-refractivity contribution in [2.45, 2.75) is 133 Å². The number of fused-ring (bicyclic) bond motifs is 6. The van der Waals surface area contributed by atoms with Gasteiger partial charge in [-0.25, -0.2) is 0 Å². The zero-order valence-electron chi connectivity index (χ0n) is 32.8. The van der Waals surface area contributed by atoms with E-state index in [0.29, 0.717) is 11.8 Å². The molecular weight excluding hydrogens is 651 g/mol. The van der Waals surface area contributed by atoms with Crippen LogP contribution < -0.4 is 4.90 Å². The van der Waals surface area contributed by atoms with Gasteiger partial charge in [0, 0.05) is 22.4 Å². The van der Waals surface area contributed by atoms with Crippen LogP contribution in [0.25, 0.3) is 22.3 Å². The second-order valence-electron chi connectivity index (χ2n) is 18.5. The van der Waals surface area contributed by atoms with Gasteiger partial charge in [0.15, 0.2) is 0 Å². The van der Waals surface area contributed by atoms with E-state index in [1.807, 2.05) is 0 Å². The molecule has 5 aromatic rings. The molecule has 1 atom stereocenters. The molecule has 0 saturated heterocycles. The van der Waals surface area contributed by atoms with Crippen LogP contribution in [-0.2, 0) is 5.41 Å². The lowest BCUT2D eigenvalue weighted by Gasteiger charge is -2.42. The molecule has 6 aliphatic rings. The molecule has 1 heteroatoms. The summed E-state index contributed by atoms with van der Waals surface area (Å²) in [5.74, 6) is 3.93. The highest BCUT2D eigenvalue weighted by Gasteiger charge is 2.40. The Morgan fingerprint density at radius 2 is 1.06 bits per heavy atom. The van der Waals surface area contributed by atoms with Crippen molar-refractivity contribution in [2.24, 2.45) is 11.8 Å². The molecule has 5 fully saturated rings. The zero-order chi connectivity index (χ0) is 36.2. The Morgan fingerprint density at radius 3 is 1.63 bits per heavy atom. The molecule has 1 nitrogen and oxygen atoms in total. The number of hydrogen-bond donors (Lipinski definition) is 0. The smallest absolute Gasteiger partial charge is 0.0543 e. The van der Waals surface area contributed by atoms with Crippen LogP contribution in [0.5, 0.6) is 0 Å². The van der Waals surface area contributed by atoms with E-state index in [0.717, 1.165) is 17.8 Å². The summed E-state index contributed by atoms with van der Waals surface area (Å²) in [5.41, 5.74) is 16.7. The predicted octanol–water partition coefficient (Wildman–Crippen LogP) is 15.5. The van der Waals surface area contributed by atoms with Crippen molar-refractivity contribution < 1.29 is 0 Å². The monoisotopic (exact) mass is 709 g/mol. The molecule has 0 heterocycles. The van der Waals surface area contributed by atoms with Crippen LogP contribution in [0, 0.1) is 11.8 Å². The Labute approximate surface area is 325 Å². The topological polar surface area (TPSA) is 3.24 Å². The second kappa shape index (κ2) is 14.2. The summed E-state index contributed by atoms with van der Waals surface area (Å²) in [7, 11) is 0. The quantitative estimate of drug-likeness (QED) is 0.163. The summed E-state index contributed by atoms with van der Waals surface area (Å²) in [4.78, 5) is 2.60. The SMILES string of the molecule is CC1(C)c2ccccc2-c2ccc(N(c3ccc(C4CCCCC4)cc3)c3ccc(C4CC5CCC4CC5)cc3)c(-c3ccc(C4CCCCC4)cc3)c21. The normalized spacial score (nSPS) is 23.6. The summed E-state index contributed by atoms with van der Waals surface area (Å²) < 4.78 is 0. The van der Waals surface area contributed by atoms with E-state index in [1.165, 1.54) is 158 Å². The molecule has 5 saturated carbocycles. The van der Waals surface area contributed by atoms with Crippen molar-refractivity contribution in [3.05, 3.63) is 137 Å². The number of nitrogens with zero attached hydrogens (tertiary/aromatic N) is 1. The van der Waals surface area contributed by atoms with Crippen LogP contribution in [0.15, 0.2) is 109 Å². The van der Waals surface area contributed by atoms with Gasteiger partial charge in [-0.15, -0.1) is 0 Å². The lowest BCUT2D eigenvalue weighted by atomic mass is 9.63. The maximum atomic E-state index is 2.60. The van der Waals surface area contributed by atoms with Crippen molar-refractivity contribution in [3.63, 3.8) is 0 Å².